The van der Waals surface area contributed by atoms with Gasteiger partial charge in [0.1, 0.15) is 11.9 Å². The summed E-state index contributed by atoms with van der Waals surface area (Å²) in [5.41, 5.74) is 1.60. The first kappa shape index (κ1) is 16.9. The molecule has 0 atom stereocenters. The van der Waals surface area contributed by atoms with Crippen molar-refractivity contribution < 1.29 is 14.3 Å². The molecule has 0 aromatic heterocycles. The number of hydrogen-bond donors (Lipinski definition) is 2. The monoisotopic (exact) mass is 339 g/mol. The van der Waals surface area contributed by atoms with Crippen LogP contribution in [0.4, 0.5) is 15.8 Å². The van der Waals surface area contributed by atoms with Gasteiger partial charge in [-0.2, -0.15) is 5.26 Å². The van der Waals surface area contributed by atoms with Crippen LogP contribution in [-0.2, 0) is 0 Å². The van der Waals surface area contributed by atoms with Crippen LogP contribution >= 0.6 is 0 Å². The second kappa shape index (κ2) is 7.32. The molecule has 1 aliphatic heterocycles. The highest BCUT2D eigenvalue weighted by atomic mass is 19.1. The van der Waals surface area contributed by atoms with E-state index in [4.69, 9.17) is 0 Å². The standard InChI is InChI=1S/C19H18FN3O2/c20-17-4-2-1-3-16(17)19(25)22-14-5-6-18(13(11-14)12-21)23-9-7-15(24)8-10-23/h1-6,11,15,24H,7-10H2,(H,22,25). The third-order valence-corrected chi connectivity index (χ3v) is 4.30. The summed E-state index contributed by atoms with van der Waals surface area (Å²) in [6.07, 6.45) is 1.04. The van der Waals surface area contributed by atoms with Gasteiger partial charge in [-0.15, -0.1) is 0 Å². The maximum atomic E-state index is 13.7. The van der Waals surface area contributed by atoms with E-state index in [0.717, 1.165) is 5.69 Å². The smallest absolute Gasteiger partial charge is 0.258 e. The van der Waals surface area contributed by atoms with Crippen molar-refractivity contribution in [2.75, 3.05) is 23.3 Å². The second-order valence-electron chi connectivity index (χ2n) is 6.00. The fraction of sp³-hybridized carbons (Fsp3) is 0.263. The van der Waals surface area contributed by atoms with E-state index in [9.17, 15) is 19.6 Å². The fourth-order valence-corrected chi connectivity index (χ4v) is 2.93. The van der Waals surface area contributed by atoms with Crippen molar-refractivity contribution in [3.05, 3.63) is 59.4 Å². The third kappa shape index (κ3) is 3.78. The molecule has 1 fully saturated rings. The molecule has 128 valence electrons. The lowest BCUT2D eigenvalue weighted by atomic mass is 10.0. The molecule has 0 saturated carbocycles. The molecule has 1 heterocycles. The normalized spacial score (nSPS) is 14.8. The summed E-state index contributed by atoms with van der Waals surface area (Å²) in [5.74, 6) is -1.15. The maximum Gasteiger partial charge on any atom is 0.258 e. The molecule has 1 aliphatic rings. The van der Waals surface area contributed by atoms with Gasteiger partial charge < -0.3 is 15.3 Å². The van der Waals surface area contributed by atoms with E-state index >= 15 is 0 Å². The number of aliphatic hydroxyl groups excluding tert-OH is 1. The lowest BCUT2D eigenvalue weighted by Crippen LogP contribution is -2.36. The minimum Gasteiger partial charge on any atom is -0.393 e. The Morgan fingerprint density at radius 3 is 2.64 bits per heavy atom. The average Bonchev–Trinajstić information content (AvgIpc) is 2.62. The number of anilines is 2. The Morgan fingerprint density at radius 1 is 1.24 bits per heavy atom. The van der Waals surface area contributed by atoms with Gasteiger partial charge in [0.05, 0.1) is 22.9 Å². The molecular weight excluding hydrogens is 321 g/mol. The molecular formula is C19H18FN3O2. The molecule has 0 unspecified atom stereocenters. The van der Waals surface area contributed by atoms with Crippen LogP contribution in [0.2, 0.25) is 0 Å². The lowest BCUT2D eigenvalue weighted by Gasteiger charge is -2.32. The number of carbonyl (C=O) groups excluding carboxylic acids is 1. The molecule has 1 saturated heterocycles. The predicted octanol–water partition coefficient (Wildman–Crippen LogP) is 2.91. The first-order valence-electron chi connectivity index (χ1n) is 8.11. The van der Waals surface area contributed by atoms with Crippen molar-refractivity contribution in [3.8, 4) is 6.07 Å². The molecule has 0 aliphatic carbocycles. The van der Waals surface area contributed by atoms with Crippen LogP contribution < -0.4 is 10.2 Å². The van der Waals surface area contributed by atoms with Gasteiger partial charge in [0.25, 0.3) is 5.91 Å². The Balaban J connectivity index is 1.79. The SMILES string of the molecule is N#Cc1cc(NC(=O)c2ccccc2F)ccc1N1CCC(O)CC1. The van der Waals surface area contributed by atoms with Crippen LogP contribution in [0.25, 0.3) is 0 Å². The van der Waals surface area contributed by atoms with Crippen molar-refractivity contribution in [2.45, 2.75) is 18.9 Å². The molecule has 2 aromatic rings. The van der Waals surface area contributed by atoms with Gasteiger partial charge >= 0.3 is 0 Å². The average molecular weight is 339 g/mol. The molecule has 5 nitrogen and oxygen atoms in total. The highest BCUT2D eigenvalue weighted by molar-refractivity contribution is 6.04. The van der Waals surface area contributed by atoms with Crippen molar-refractivity contribution in [3.63, 3.8) is 0 Å². The fourth-order valence-electron chi connectivity index (χ4n) is 2.93. The van der Waals surface area contributed by atoms with Gasteiger partial charge in [-0.25, -0.2) is 4.39 Å². The molecule has 25 heavy (non-hydrogen) atoms. The Morgan fingerprint density at radius 2 is 1.96 bits per heavy atom. The van der Waals surface area contributed by atoms with E-state index in [1.165, 1.54) is 18.2 Å². The zero-order chi connectivity index (χ0) is 17.8. The number of carbonyl (C=O) groups is 1. The lowest BCUT2D eigenvalue weighted by molar-refractivity contribution is 0.102. The van der Waals surface area contributed by atoms with Crippen molar-refractivity contribution in [1.82, 2.24) is 0 Å². The van der Waals surface area contributed by atoms with E-state index in [1.807, 2.05) is 4.90 Å². The summed E-state index contributed by atoms with van der Waals surface area (Å²) in [6.45, 7) is 1.35. The summed E-state index contributed by atoms with van der Waals surface area (Å²) in [4.78, 5) is 14.2. The Hall–Kier alpha value is -2.91. The molecule has 2 aromatic carbocycles. The topological polar surface area (TPSA) is 76.4 Å². The maximum absolute atomic E-state index is 13.7. The van der Waals surface area contributed by atoms with Gasteiger partial charge in [0.2, 0.25) is 0 Å². The Labute approximate surface area is 145 Å². The summed E-state index contributed by atoms with van der Waals surface area (Å²) < 4.78 is 13.7. The van der Waals surface area contributed by atoms with Gasteiger partial charge in [-0.3, -0.25) is 4.79 Å². The quantitative estimate of drug-likeness (QED) is 0.901. The van der Waals surface area contributed by atoms with Crippen molar-refractivity contribution in [2.24, 2.45) is 0 Å². The van der Waals surface area contributed by atoms with Crippen LogP contribution in [0, 0.1) is 17.1 Å². The highest BCUT2D eigenvalue weighted by Gasteiger charge is 2.20. The number of nitrogens with one attached hydrogen (secondary N) is 1. The summed E-state index contributed by atoms with van der Waals surface area (Å²) in [6, 6.07) is 12.9. The number of benzene rings is 2. The van der Waals surface area contributed by atoms with E-state index in [1.54, 1.807) is 24.3 Å². The first-order chi connectivity index (χ1) is 12.1. The van der Waals surface area contributed by atoms with Gasteiger partial charge in [-0.05, 0) is 43.2 Å². The predicted molar refractivity (Wildman–Crippen MR) is 93.0 cm³/mol. The molecule has 2 N–H and O–H groups in total. The van der Waals surface area contributed by atoms with Crippen LogP contribution in [0.5, 0.6) is 0 Å². The highest BCUT2D eigenvalue weighted by Crippen LogP contribution is 2.27. The number of piperidine rings is 1. The van der Waals surface area contributed by atoms with Crippen molar-refractivity contribution in [1.29, 1.82) is 5.26 Å². The molecule has 6 heteroatoms. The number of halogens is 1. The molecule has 1 amide bonds. The number of amides is 1. The van der Waals surface area contributed by atoms with E-state index in [-0.39, 0.29) is 11.7 Å². The van der Waals surface area contributed by atoms with Gasteiger partial charge in [0.15, 0.2) is 0 Å². The largest absolute Gasteiger partial charge is 0.393 e. The number of nitriles is 1. The van der Waals surface area contributed by atoms with Gasteiger partial charge in [-0.1, -0.05) is 12.1 Å². The van der Waals surface area contributed by atoms with Crippen LogP contribution in [0.15, 0.2) is 42.5 Å². The first-order valence-corrected chi connectivity index (χ1v) is 8.11. The second-order valence-corrected chi connectivity index (χ2v) is 6.00. The molecule has 0 spiro atoms. The number of rotatable bonds is 3. The molecule has 3 rings (SSSR count). The van der Waals surface area contributed by atoms with Crippen LogP contribution in [0.1, 0.15) is 28.8 Å². The summed E-state index contributed by atoms with van der Waals surface area (Å²) in [7, 11) is 0. The number of aliphatic hydroxyl groups is 1. The number of nitrogens with zero attached hydrogens (tertiary/aromatic N) is 2. The Kier molecular flexibility index (Phi) is 4.96. The van der Waals surface area contributed by atoms with E-state index < -0.39 is 11.7 Å². The molecule has 0 radical (unpaired) electrons. The Bertz CT molecular complexity index is 824. The minimum atomic E-state index is -0.594. The molecule has 0 bridgehead atoms. The minimum absolute atomic E-state index is 0.0462. The third-order valence-electron chi connectivity index (χ3n) is 4.30. The van der Waals surface area contributed by atoms with E-state index in [0.29, 0.717) is 37.2 Å². The summed E-state index contributed by atoms with van der Waals surface area (Å²) in [5, 5.41) is 21.6. The number of hydrogen-bond acceptors (Lipinski definition) is 4. The zero-order valence-electron chi connectivity index (χ0n) is 13.6. The zero-order valence-corrected chi connectivity index (χ0v) is 13.6. The van der Waals surface area contributed by atoms with E-state index in [2.05, 4.69) is 11.4 Å². The van der Waals surface area contributed by atoms with Crippen molar-refractivity contribution >= 4 is 17.3 Å². The van der Waals surface area contributed by atoms with Crippen LogP contribution in [0.3, 0.4) is 0 Å². The van der Waals surface area contributed by atoms with Crippen LogP contribution in [-0.4, -0.2) is 30.2 Å². The summed E-state index contributed by atoms with van der Waals surface area (Å²) >= 11 is 0. The van der Waals surface area contributed by atoms with Gasteiger partial charge in [0, 0.05) is 18.8 Å².